The number of aromatic nitrogens is 1. The van der Waals surface area contributed by atoms with Gasteiger partial charge in [0.15, 0.2) is 4.80 Å². The molecule has 0 bridgehead atoms. The van der Waals surface area contributed by atoms with Crippen LogP contribution in [0.3, 0.4) is 0 Å². The summed E-state index contributed by atoms with van der Waals surface area (Å²) in [5, 5.41) is 4.96. The first-order chi connectivity index (χ1) is 20.0. The lowest BCUT2D eigenvalue weighted by molar-refractivity contribution is -0.113. The van der Waals surface area contributed by atoms with Gasteiger partial charge < -0.3 is 10.2 Å². The van der Waals surface area contributed by atoms with Gasteiger partial charge in [-0.2, -0.15) is 0 Å². The first-order valence-electron chi connectivity index (χ1n) is 13.0. The fourth-order valence-electron chi connectivity index (χ4n) is 5.25. The van der Waals surface area contributed by atoms with E-state index in [1.54, 1.807) is 16.3 Å². The van der Waals surface area contributed by atoms with Crippen LogP contribution in [0.15, 0.2) is 121 Å². The number of nitrogens with one attached hydrogen (secondary N) is 1. The summed E-state index contributed by atoms with van der Waals surface area (Å²) in [7, 11) is 2.08. The highest BCUT2D eigenvalue weighted by Gasteiger charge is 2.33. The van der Waals surface area contributed by atoms with Crippen LogP contribution in [0.4, 0.5) is 17.1 Å². The number of carbonyl (C=O) groups is 1. The predicted octanol–water partition coefficient (Wildman–Crippen LogP) is 6.17. The normalized spacial score (nSPS) is 16.1. The third kappa shape index (κ3) is 4.56. The van der Waals surface area contributed by atoms with Crippen LogP contribution in [0.5, 0.6) is 0 Å². The second-order valence-electron chi connectivity index (χ2n) is 9.77. The summed E-state index contributed by atoms with van der Waals surface area (Å²) in [5.74, 6) is -0.263. The van der Waals surface area contributed by atoms with Crippen molar-refractivity contribution in [2.75, 3.05) is 17.3 Å². The van der Waals surface area contributed by atoms with Gasteiger partial charge in [0.05, 0.1) is 27.2 Å². The first-order valence-corrected chi connectivity index (χ1v) is 15.6. The van der Waals surface area contributed by atoms with E-state index in [1.807, 2.05) is 66.9 Å². The van der Waals surface area contributed by atoms with Crippen molar-refractivity contribution in [2.45, 2.75) is 22.8 Å². The zero-order chi connectivity index (χ0) is 28.1. The second-order valence-corrected chi connectivity index (χ2v) is 12.8. The highest BCUT2D eigenvalue weighted by atomic mass is 32.2. The topological polar surface area (TPSA) is 66.7 Å². The van der Waals surface area contributed by atoms with Crippen LogP contribution in [0.1, 0.15) is 23.4 Å². The van der Waals surface area contributed by atoms with Gasteiger partial charge in [0, 0.05) is 27.4 Å². The van der Waals surface area contributed by atoms with Gasteiger partial charge in [0.1, 0.15) is 6.04 Å². The number of allylic oxidation sites excluding steroid dienone is 1. The Labute approximate surface area is 248 Å². The minimum Gasteiger partial charge on any atom is -0.343 e. The molecule has 0 saturated carbocycles. The molecule has 5 aromatic rings. The van der Waals surface area contributed by atoms with Gasteiger partial charge >= 0.3 is 0 Å². The number of anilines is 3. The third-order valence-corrected chi connectivity index (χ3v) is 10.2. The van der Waals surface area contributed by atoms with Crippen molar-refractivity contribution >= 4 is 63.5 Å². The fourth-order valence-corrected chi connectivity index (χ4v) is 8.32. The number of rotatable bonds is 4. The molecular weight excluding hydrogens is 569 g/mol. The molecule has 41 heavy (non-hydrogen) atoms. The van der Waals surface area contributed by atoms with Crippen molar-refractivity contribution in [3.63, 3.8) is 0 Å². The Morgan fingerprint density at radius 1 is 0.951 bits per heavy atom. The number of amides is 1. The Hall–Kier alpha value is -4.18. The van der Waals surface area contributed by atoms with E-state index in [2.05, 4.69) is 53.7 Å². The minimum atomic E-state index is -0.554. The maximum absolute atomic E-state index is 14.0. The molecule has 1 N–H and O–H groups in total. The molecule has 4 heterocycles. The Balaban J connectivity index is 1.30. The lowest BCUT2D eigenvalue weighted by Gasteiger charge is -2.29. The van der Waals surface area contributed by atoms with Crippen molar-refractivity contribution in [2.24, 2.45) is 4.99 Å². The van der Waals surface area contributed by atoms with Gasteiger partial charge in [-0.15, -0.1) is 11.3 Å². The van der Waals surface area contributed by atoms with Crippen molar-refractivity contribution in [1.82, 2.24) is 4.57 Å². The lowest BCUT2D eigenvalue weighted by atomic mass is 10.0. The van der Waals surface area contributed by atoms with Crippen LogP contribution in [0.2, 0.25) is 0 Å². The van der Waals surface area contributed by atoms with E-state index in [1.165, 1.54) is 33.3 Å². The molecule has 2 aliphatic heterocycles. The Morgan fingerprint density at radius 2 is 1.73 bits per heavy atom. The molecular formula is C32H24N4O2S3. The van der Waals surface area contributed by atoms with E-state index in [-0.39, 0.29) is 11.5 Å². The molecule has 0 unspecified atom stereocenters. The maximum atomic E-state index is 14.0. The molecule has 2 aliphatic rings. The van der Waals surface area contributed by atoms with Crippen molar-refractivity contribution in [1.29, 1.82) is 0 Å². The third-order valence-electron chi connectivity index (χ3n) is 7.20. The number of benzene rings is 3. The quantitative estimate of drug-likeness (QED) is 0.271. The van der Waals surface area contributed by atoms with Gasteiger partial charge in [-0.1, -0.05) is 65.6 Å². The molecule has 0 fully saturated rings. The molecule has 7 rings (SSSR count). The van der Waals surface area contributed by atoms with Crippen LogP contribution in [-0.4, -0.2) is 17.5 Å². The molecule has 0 saturated heterocycles. The molecule has 1 atom stereocenters. The van der Waals surface area contributed by atoms with E-state index >= 15 is 0 Å². The van der Waals surface area contributed by atoms with Crippen LogP contribution in [0, 0.1) is 0 Å². The first kappa shape index (κ1) is 25.8. The number of hydrogen-bond donors (Lipinski definition) is 1. The highest BCUT2D eigenvalue weighted by Crippen LogP contribution is 2.47. The van der Waals surface area contributed by atoms with Crippen molar-refractivity contribution in [3.05, 3.63) is 132 Å². The van der Waals surface area contributed by atoms with E-state index < -0.39 is 6.04 Å². The van der Waals surface area contributed by atoms with Crippen LogP contribution in [0.25, 0.3) is 6.08 Å². The molecule has 3 aromatic carbocycles. The van der Waals surface area contributed by atoms with Crippen molar-refractivity contribution in [3.8, 4) is 0 Å². The summed E-state index contributed by atoms with van der Waals surface area (Å²) < 4.78 is 2.25. The van der Waals surface area contributed by atoms with Gasteiger partial charge in [0.2, 0.25) is 0 Å². The number of thiophene rings is 1. The van der Waals surface area contributed by atoms with Gasteiger partial charge in [-0.25, -0.2) is 4.99 Å². The molecule has 1 amide bonds. The Bertz CT molecular complexity index is 2030. The fraction of sp³-hybridized carbons (Fsp3) is 0.0938. The van der Waals surface area contributed by atoms with Gasteiger partial charge in [-0.05, 0) is 66.4 Å². The van der Waals surface area contributed by atoms with E-state index in [4.69, 9.17) is 4.99 Å². The van der Waals surface area contributed by atoms with Crippen LogP contribution in [-0.2, 0) is 4.79 Å². The largest absolute Gasteiger partial charge is 0.343 e. The monoisotopic (exact) mass is 592 g/mol. The van der Waals surface area contributed by atoms with Crippen LogP contribution >= 0.6 is 34.4 Å². The smallest absolute Gasteiger partial charge is 0.271 e. The average Bonchev–Trinajstić information content (AvgIpc) is 3.61. The number of para-hydroxylation sites is 2. The number of nitrogens with zero attached hydrogens (tertiary/aromatic N) is 3. The molecule has 6 nitrogen and oxygen atoms in total. The number of carbonyl (C=O) groups excluding carboxylic acids is 1. The summed E-state index contributed by atoms with van der Waals surface area (Å²) in [6, 6.07) is 27.3. The molecule has 0 spiro atoms. The second kappa shape index (κ2) is 10.3. The molecule has 2 aromatic heterocycles. The predicted molar refractivity (Wildman–Crippen MR) is 168 cm³/mol. The lowest BCUT2D eigenvalue weighted by Crippen LogP contribution is -2.40. The molecule has 202 valence electrons. The zero-order valence-electron chi connectivity index (χ0n) is 22.2. The number of hydrogen-bond acceptors (Lipinski definition) is 7. The standard InChI is InChI=1S/C32H24N4O2S3/c1-19-28(30(37)34-21-9-4-3-5-10-21)29(25-13-8-16-39-25)36-31(38)27(41-32(36)33-19)18-20-14-15-23-26(17-20)40-24-12-7-6-11-22(24)35(23)2/h3-18,29H,1-2H3,(H,34,37)/b27-18+/t29-/m1/s1. The molecule has 9 heteroatoms. The summed E-state index contributed by atoms with van der Waals surface area (Å²) >= 11 is 4.62. The van der Waals surface area contributed by atoms with E-state index in [0.29, 0.717) is 26.3 Å². The van der Waals surface area contributed by atoms with E-state index in [0.717, 1.165) is 21.0 Å². The number of fused-ring (bicyclic) bond motifs is 3. The Kier molecular flexibility index (Phi) is 6.50. The maximum Gasteiger partial charge on any atom is 0.271 e. The zero-order valence-corrected chi connectivity index (χ0v) is 24.6. The van der Waals surface area contributed by atoms with E-state index in [9.17, 15) is 9.59 Å². The number of thiazole rings is 1. The minimum absolute atomic E-state index is 0.155. The summed E-state index contributed by atoms with van der Waals surface area (Å²) in [6.07, 6.45) is 1.93. The van der Waals surface area contributed by atoms with Crippen LogP contribution < -0.4 is 25.1 Å². The molecule has 0 aliphatic carbocycles. The Morgan fingerprint density at radius 3 is 2.54 bits per heavy atom. The summed E-state index contributed by atoms with van der Waals surface area (Å²) in [4.78, 5) is 38.4. The SMILES string of the molecule is CC1=C(C(=O)Nc2ccccc2)[C@@H](c2cccs2)n2c(s/c(=C/c3ccc4c(c3)Sc3ccccc3N4C)c2=O)=N1. The average molecular weight is 593 g/mol. The summed E-state index contributed by atoms with van der Waals surface area (Å²) in [5.41, 5.74) is 4.88. The highest BCUT2D eigenvalue weighted by molar-refractivity contribution is 7.99. The summed E-state index contributed by atoms with van der Waals surface area (Å²) in [6.45, 7) is 1.84. The van der Waals surface area contributed by atoms with Gasteiger partial charge in [-0.3, -0.25) is 14.2 Å². The molecule has 0 radical (unpaired) electrons. The van der Waals surface area contributed by atoms with Gasteiger partial charge in [0.25, 0.3) is 11.5 Å². The van der Waals surface area contributed by atoms with Crippen molar-refractivity contribution < 1.29 is 4.79 Å².